The van der Waals surface area contributed by atoms with E-state index in [1.54, 1.807) is 0 Å². The van der Waals surface area contributed by atoms with Gasteiger partial charge in [0.1, 0.15) is 0 Å². The predicted molar refractivity (Wildman–Crippen MR) is 67.2 cm³/mol. The van der Waals surface area contributed by atoms with Crippen LogP contribution in [0.5, 0.6) is 0 Å². The van der Waals surface area contributed by atoms with Crippen LogP contribution in [0.2, 0.25) is 0 Å². The Labute approximate surface area is 94.1 Å². The average Bonchev–Trinajstić information content (AvgIpc) is 2.23. The zero-order valence-corrected chi connectivity index (χ0v) is 10.5. The number of pyridine rings is 1. The van der Waals surface area contributed by atoms with Crippen LogP contribution in [-0.2, 0) is 12.8 Å². The maximum atomic E-state index is 4.39. The number of rotatable bonds is 4. The molecule has 1 aromatic heterocycles. The van der Waals surface area contributed by atoms with Crippen LogP contribution in [0.1, 0.15) is 37.9 Å². The molecule has 2 nitrogen and oxygen atoms in total. The zero-order chi connectivity index (χ0) is 11.5. The van der Waals surface area contributed by atoms with Gasteiger partial charge in [-0.2, -0.15) is 0 Å². The van der Waals surface area contributed by atoms with Crippen molar-refractivity contribution in [1.82, 2.24) is 10.3 Å². The van der Waals surface area contributed by atoms with E-state index in [0.717, 1.165) is 6.42 Å². The summed E-state index contributed by atoms with van der Waals surface area (Å²) in [6.07, 6.45) is 6.58. The Morgan fingerprint density at radius 3 is 2.27 bits per heavy atom. The summed E-state index contributed by atoms with van der Waals surface area (Å²) in [6.45, 7) is 4.41. The van der Waals surface area contributed by atoms with E-state index in [2.05, 4.69) is 30.2 Å². The van der Waals surface area contributed by atoms with Crippen molar-refractivity contribution in [2.45, 2.75) is 39.5 Å². The first kappa shape index (κ1) is 14.1. The van der Waals surface area contributed by atoms with Gasteiger partial charge in [-0.05, 0) is 38.6 Å². The summed E-state index contributed by atoms with van der Waals surface area (Å²) in [7, 11) is 3.75. The van der Waals surface area contributed by atoms with E-state index >= 15 is 0 Å². The van der Waals surface area contributed by atoms with Gasteiger partial charge >= 0.3 is 0 Å². The summed E-state index contributed by atoms with van der Waals surface area (Å²) >= 11 is 0. The molecule has 15 heavy (non-hydrogen) atoms. The van der Waals surface area contributed by atoms with Crippen LogP contribution in [0.3, 0.4) is 0 Å². The van der Waals surface area contributed by atoms with Gasteiger partial charge in [0.25, 0.3) is 0 Å². The van der Waals surface area contributed by atoms with Crippen LogP contribution in [0.25, 0.3) is 0 Å². The second kappa shape index (κ2) is 9.66. The monoisotopic (exact) mass is 208 g/mol. The Bertz CT molecular complexity index is 221. The Hall–Kier alpha value is -0.890. The van der Waals surface area contributed by atoms with Crippen molar-refractivity contribution >= 4 is 0 Å². The molecule has 0 fully saturated rings. The van der Waals surface area contributed by atoms with E-state index in [0.29, 0.717) is 0 Å². The fourth-order valence-corrected chi connectivity index (χ4v) is 1.43. The molecule has 0 bridgehead atoms. The fraction of sp³-hybridized carbons (Fsp3) is 0.615. The number of nitrogens with zero attached hydrogens (tertiary/aromatic N) is 1. The number of aryl methyl sites for hydroxylation is 2. The quantitative estimate of drug-likeness (QED) is 0.823. The SMILES string of the molecule is CCCc1cccnc1CCC.CNC. The maximum absolute atomic E-state index is 4.39. The predicted octanol–water partition coefficient (Wildman–Crippen LogP) is 2.82. The molecule has 1 aromatic rings. The van der Waals surface area contributed by atoms with Gasteiger partial charge in [0.05, 0.1) is 0 Å². The first-order chi connectivity index (χ1) is 7.29. The molecule has 0 aromatic carbocycles. The molecular formula is C13H24N2. The minimum Gasteiger partial charge on any atom is -0.323 e. The van der Waals surface area contributed by atoms with Crippen LogP contribution in [0.4, 0.5) is 0 Å². The lowest BCUT2D eigenvalue weighted by molar-refractivity contribution is 0.828. The summed E-state index contributed by atoms with van der Waals surface area (Å²) < 4.78 is 0. The molecule has 0 radical (unpaired) electrons. The third-order valence-electron chi connectivity index (χ3n) is 1.99. The average molecular weight is 208 g/mol. The van der Waals surface area contributed by atoms with E-state index in [9.17, 15) is 0 Å². The Morgan fingerprint density at radius 1 is 1.13 bits per heavy atom. The molecule has 0 saturated heterocycles. The van der Waals surface area contributed by atoms with Crippen molar-refractivity contribution in [3.05, 3.63) is 29.6 Å². The lowest BCUT2D eigenvalue weighted by Gasteiger charge is -2.04. The second-order valence-corrected chi connectivity index (χ2v) is 3.61. The molecule has 1 rings (SSSR count). The van der Waals surface area contributed by atoms with E-state index in [4.69, 9.17) is 0 Å². The van der Waals surface area contributed by atoms with E-state index < -0.39 is 0 Å². The normalized spacial score (nSPS) is 9.33. The maximum Gasteiger partial charge on any atom is 0.0435 e. The summed E-state index contributed by atoms with van der Waals surface area (Å²) in [5.41, 5.74) is 2.73. The van der Waals surface area contributed by atoms with Gasteiger partial charge in [-0.3, -0.25) is 4.98 Å². The summed E-state index contributed by atoms with van der Waals surface area (Å²) in [5, 5.41) is 2.75. The molecule has 0 aliphatic carbocycles. The summed E-state index contributed by atoms with van der Waals surface area (Å²) in [5.74, 6) is 0. The molecule has 0 aliphatic heterocycles. The standard InChI is InChI=1S/C11H17N.C2H7N/c1-3-6-10-8-5-9-12-11(10)7-4-2;1-3-2/h5,8-9H,3-4,6-7H2,1-2H3;3H,1-2H3. The van der Waals surface area contributed by atoms with Crippen LogP contribution >= 0.6 is 0 Å². The Balaban J connectivity index is 0.000000583. The molecule has 0 spiro atoms. The topological polar surface area (TPSA) is 24.9 Å². The fourth-order valence-electron chi connectivity index (χ4n) is 1.43. The highest BCUT2D eigenvalue weighted by Gasteiger charge is 1.99. The van der Waals surface area contributed by atoms with Crippen molar-refractivity contribution in [1.29, 1.82) is 0 Å². The number of hydrogen-bond acceptors (Lipinski definition) is 2. The second-order valence-electron chi connectivity index (χ2n) is 3.61. The third kappa shape index (κ3) is 6.24. The van der Waals surface area contributed by atoms with Crippen molar-refractivity contribution in [2.75, 3.05) is 14.1 Å². The highest BCUT2D eigenvalue weighted by molar-refractivity contribution is 5.19. The minimum absolute atomic E-state index is 1.12. The van der Waals surface area contributed by atoms with Gasteiger partial charge in [0, 0.05) is 11.9 Å². The largest absolute Gasteiger partial charge is 0.323 e. The van der Waals surface area contributed by atoms with Crippen molar-refractivity contribution in [2.24, 2.45) is 0 Å². The molecule has 2 heteroatoms. The van der Waals surface area contributed by atoms with E-state index in [1.165, 1.54) is 30.5 Å². The Morgan fingerprint density at radius 2 is 1.73 bits per heavy atom. The van der Waals surface area contributed by atoms with Crippen molar-refractivity contribution in [3.8, 4) is 0 Å². The lowest BCUT2D eigenvalue weighted by atomic mass is 10.1. The van der Waals surface area contributed by atoms with Gasteiger partial charge in [-0.1, -0.05) is 32.8 Å². The third-order valence-corrected chi connectivity index (χ3v) is 1.99. The highest BCUT2D eigenvalue weighted by Crippen LogP contribution is 2.09. The lowest BCUT2D eigenvalue weighted by Crippen LogP contribution is -1.96. The van der Waals surface area contributed by atoms with Crippen molar-refractivity contribution < 1.29 is 0 Å². The molecule has 0 atom stereocenters. The van der Waals surface area contributed by atoms with E-state index in [1.807, 2.05) is 26.4 Å². The van der Waals surface area contributed by atoms with Gasteiger partial charge in [-0.25, -0.2) is 0 Å². The van der Waals surface area contributed by atoms with Crippen LogP contribution in [-0.4, -0.2) is 19.1 Å². The summed E-state index contributed by atoms with van der Waals surface area (Å²) in [4.78, 5) is 4.39. The molecule has 1 N–H and O–H groups in total. The van der Waals surface area contributed by atoms with Gasteiger partial charge in [0.15, 0.2) is 0 Å². The molecule has 0 aliphatic rings. The van der Waals surface area contributed by atoms with Crippen LogP contribution in [0.15, 0.2) is 18.3 Å². The van der Waals surface area contributed by atoms with Crippen LogP contribution in [0, 0.1) is 0 Å². The van der Waals surface area contributed by atoms with Crippen LogP contribution < -0.4 is 5.32 Å². The number of hydrogen-bond donors (Lipinski definition) is 1. The number of aromatic nitrogens is 1. The van der Waals surface area contributed by atoms with Gasteiger partial charge < -0.3 is 5.32 Å². The summed E-state index contributed by atoms with van der Waals surface area (Å²) in [6, 6.07) is 4.23. The van der Waals surface area contributed by atoms with Gasteiger partial charge in [-0.15, -0.1) is 0 Å². The first-order valence-electron chi connectivity index (χ1n) is 5.81. The zero-order valence-electron chi connectivity index (χ0n) is 10.5. The highest BCUT2D eigenvalue weighted by atomic mass is 14.7. The smallest absolute Gasteiger partial charge is 0.0435 e. The van der Waals surface area contributed by atoms with Gasteiger partial charge in [0.2, 0.25) is 0 Å². The molecule has 0 unspecified atom stereocenters. The van der Waals surface area contributed by atoms with Crippen molar-refractivity contribution in [3.63, 3.8) is 0 Å². The molecule has 86 valence electrons. The molecular weight excluding hydrogens is 184 g/mol. The Kier molecular flexibility index (Phi) is 9.08. The number of nitrogens with one attached hydrogen (secondary N) is 1. The molecule has 0 amide bonds. The molecule has 0 saturated carbocycles. The van der Waals surface area contributed by atoms with E-state index in [-0.39, 0.29) is 0 Å². The molecule has 1 heterocycles. The minimum atomic E-state index is 1.12. The first-order valence-corrected chi connectivity index (χ1v) is 5.81.